The average Bonchev–Trinajstić information content (AvgIpc) is 3.38. The number of Topliss-reactive ketones (excluding diaryl/α,β-unsaturated/α-hetero) is 3. The molecule has 3 aliphatic rings. The molecule has 0 aromatic heterocycles. The predicted octanol–water partition coefficient (Wildman–Crippen LogP) is 2.98. The van der Waals surface area contributed by atoms with Gasteiger partial charge in [0.2, 0.25) is 22.0 Å². The van der Waals surface area contributed by atoms with Crippen LogP contribution in [-0.2, 0) is 45.2 Å². The Hall–Kier alpha value is -3.27. The van der Waals surface area contributed by atoms with Gasteiger partial charge in [-0.05, 0) is 74.8 Å². The minimum Gasteiger partial charge on any atom is -0.446 e. The fraction of sp³-hybridized carbons (Fsp3) is 0.657. The Balaban J connectivity index is 0.00000468. The zero-order valence-corrected chi connectivity index (χ0v) is 32.3. The lowest BCUT2D eigenvalue weighted by atomic mass is 9.71. The summed E-state index contributed by atoms with van der Waals surface area (Å²) in [6.07, 6.45) is 3.55. The number of nitrogens with zero attached hydrogens (tertiary/aromatic N) is 1. The highest BCUT2D eigenvalue weighted by Gasteiger charge is 2.42. The number of hydrogen-bond acceptors (Lipinski definition) is 10. The van der Waals surface area contributed by atoms with Crippen molar-refractivity contribution in [1.82, 2.24) is 10.0 Å². The van der Waals surface area contributed by atoms with Crippen molar-refractivity contribution in [3.05, 3.63) is 23.8 Å². The van der Waals surface area contributed by atoms with Gasteiger partial charge in [-0.15, -0.1) is 24.8 Å². The van der Waals surface area contributed by atoms with Crippen molar-refractivity contribution in [2.75, 3.05) is 25.0 Å². The van der Waals surface area contributed by atoms with Gasteiger partial charge in [-0.3, -0.25) is 29.0 Å². The Bertz CT molecular complexity index is 1560. The molecule has 0 bridgehead atoms. The van der Waals surface area contributed by atoms with Gasteiger partial charge in [0.25, 0.3) is 0 Å². The van der Waals surface area contributed by atoms with Crippen molar-refractivity contribution in [2.24, 2.45) is 40.1 Å². The van der Waals surface area contributed by atoms with Crippen LogP contribution in [0.1, 0.15) is 90.0 Å². The first-order chi connectivity index (χ1) is 23.8. The van der Waals surface area contributed by atoms with E-state index in [9.17, 15) is 32.4 Å². The molecule has 2 saturated carbocycles. The summed E-state index contributed by atoms with van der Waals surface area (Å²) in [6, 6.07) is 4.05. The summed E-state index contributed by atoms with van der Waals surface area (Å²) in [5.74, 6) is -2.75. The number of benzene rings is 1. The second-order valence-corrected chi connectivity index (χ2v) is 15.7. The molecule has 1 aliphatic heterocycles. The number of rotatable bonds is 17. The van der Waals surface area contributed by atoms with Crippen LogP contribution in [0.25, 0.3) is 0 Å². The molecular weight excluding hydrogens is 735 g/mol. The van der Waals surface area contributed by atoms with Gasteiger partial charge in [0.15, 0.2) is 23.3 Å². The van der Waals surface area contributed by atoms with Crippen LogP contribution >= 0.6 is 24.8 Å². The highest BCUT2D eigenvalue weighted by atomic mass is 35.5. The topological polar surface area (TPSA) is 229 Å². The third-order valence-electron chi connectivity index (χ3n) is 9.81. The number of unbranched alkanes of at least 4 members (excludes halogenated alkanes) is 2. The van der Waals surface area contributed by atoms with Crippen LogP contribution in [0.15, 0.2) is 28.1 Å². The lowest BCUT2D eigenvalue weighted by molar-refractivity contribution is -0.157. The summed E-state index contributed by atoms with van der Waals surface area (Å²) in [4.78, 5) is 67.3. The van der Waals surface area contributed by atoms with Gasteiger partial charge in [-0.25, -0.2) is 13.1 Å². The molecule has 7 N–H and O–H groups in total. The van der Waals surface area contributed by atoms with Crippen molar-refractivity contribution in [3.63, 3.8) is 0 Å². The van der Waals surface area contributed by atoms with Crippen LogP contribution in [0.5, 0.6) is 0 Å². The van der Waals surface area contributed by atoms with E-state index in [1.165, 1.54) is 6.07 Å². The smallest absolute Gasteiger partial charge is 0.306 e. The number of ketones is 3. The minimum absolute atomic E-state index is 0. The second-order valence-electron chi connectivity index (χ2n) is 14.0. The molecule has 292 valence electrons. The third-order valence-corrected chi connectivity index (χ3v) is 11.3. The van der Waals surface area contributed by atoms with Crippen molar-refractivity contribution >= 4 is 75.7 Å². The van der Waals surface area contributed by atoms with E-state index < -0.39 is 40.0 Å². The van der Waals surface area contributed by atoms with Crippen LogP contribution < -0.4 is 26.8 Å². The van der Waals surface area contributed by atoms with Crippen LogP contribution in [0, 0.1) is 23.7 Å². The number of fused-ring (bicyclic) bond motifs is 1. The van der Waals surface area contributed by atoms with E-state index in [2.05, 4.69) is 27.3 Å². The van der Waals surface area contributed by atoms with Gasteiger partial charge in [0.1, 0.15) is 4.90 Å². The van der Waals surface area contributed by atoms with E-state index in [4.69, 9.17) is 16.2 Å². The highest BCUT2D eigenvalue weighted by molar-refractivity contribution is 7.89. The van der Waals surface area contributed by atoms with E-state index >= 15 is 0 Å². The number of guanidine groups is 1. The van der Waals surface area contributed by atoms with E-state index in [0.717, 1.165) is 18.4 Å². The lowest BCUT2D eigenvalue weighted by Crippen LogP contribution is -2.49. The molecule has 0 radical (unpaired) electrons. The lowest BCUT2D eigenvalue weighted by Gasteiger charge is -2.35. The third kappa shape index (κ3) is 12.4. The number of aliphatic imine (C=N–C) groups is 1. The fourth-order valence-corrected chi connectivity index (χ4v) is 8.57. The maximum absolute atomic E-state index is 14.2. The van der Waals surface area contributed by atoms with Crippen LogP contribution in [-0.4, -0.2) is 75.4 Å². The number of hydrogen-bond donors (Lipinski definition) is 5. The first-order valence-electron chi connectivity index (χ1n) is 17.8. The standard InChI is InChI=1S/C35H52N6O8S.2ClH/c1-21-12-13-24(25(19-21)34(46)38-16-5-3-4-11-30(44)49-33-27(42)14-15-28(33)43)32(45)26(9-7-17-39-35(36)37)41-50(47,48)29-10-6-8-23-18-22(2)20-40-31(23)29;;/h6,8,10,21-22,24-26,33,40-41H,3-5,7,9,11-20H2,1-2H3,(H,38,46)(H4,36,37,39);2*1H. The maximum atomic E-state index is 14.2. The SMILES string of the molecule is CC1CNc2c(cccc2S(=O)(=O)NC(CCCN=C(N)N)C(=O)C2CCC(C)CC2C(=O)NCCCCCC(=O)OC2C(=O)CCC2=O)C1.Cl.Cl. The number of para-hydroxylation sites is 1. The predicted molar refractivity (Wildman–Crippen MR) is 202 cm³/mol. The molecule has 52 heavy (non-hydrogen) atoms. The van der Waals surface area contributed by atoms with Crippen LogP contribution in [0.3, 0.4) is 0 Å². The molecule has 0 saturated heterocycles. The van der Waals surface area contributed by atoms with Crippen molar-refractivity contribution < 1.29 is 37.1 Å². The second kappa shape index (κ2) is 20.8. The summed E-state index contributed by atoms with van der Waals surface area (Å²) >= 11 is 0. The zero-order valence-electron chi connectivity index (χ0n) is 29.9. The van der Waals surface area contributed by atoms with Crippen molar-refractivity contribution in [2.45, 2.75) is 108 Å². The summed E-state index contributed by atoms with van der Waals surface area (Å²) in [6.45, 7) is 5.31. The molecule has 1 amide bonds. The normalized spacial score (nSPS) is 22.1. The molecule has 1 aromatic rings. The molecule has 5 atom stereocenters. The molecule has 0 spiro atoms. The molecule has 2 fully saturated rings. The van der Waals surface area contributed by atoms with E-state index in [1.54, 1.807) is 6.07 Å². The highest BCUT2D eigenvalue weighted by Crippen LogP contribution is 2.36. The quantitative estimate of drug-likeness (QED) is 0.0507. The first kappa shape index (κ1) is 44.9. The zero-order chi connectivity index (χ0) is 36.4. The first-order valence-corrected chi connectivity index (χ1v) is 19.2. The van der Waals surface area contributed by atoms with Crippen LogP contribution in [0.4, 0.5) is 5.69 Å². The number of anilines is 1. The summed E-state index contributed by atoms with van der Waals surface area (Å²) < 4.78 is 35.5. The number of sulfonamides is 1. The summed E-state index contributed by atoms with van der Waals surface area (Å²) in [7, 11) is -4.13. The van der Waals surface area contributed by atoms with E-state index in [1.807, 2.05) is 13.0 Å². The molecule has 5 unspecified atom stereocenters. The molecule has 14 nitrogen and oxygen atoms in total. The average molecular weight is 790 g/mol. The number of ether oxygens (including phenoxy) is 1. The number of esters is 1. The van der Waals surface area contributed by atoms with Gasteiger partial charge < -0.3 is 26.8 Å². The monoisotopic (exact) mass is 788 g/mol. The number of halogens is 2. The fourth-order valence-electron chi connectivity index (χ4n) is 7.10. The Morgan fingerprint density at radius 3 is 2.38 bits per heavy atom. The Morgan fingerprint density at radius 2 is 1.69 bits per heavy atom. The van der Waals surface area contributed by atoms with Gasteiger partial charge in [0.05, 0.1) is 11.7 Å². The Morgan fingerprint density at radius 1 is 0.981 bits per heavy atom. The number of nitrogens with one attached hydrogen (secondary N) is 3. The molecule has 4 rings (SSSR count). The van der Waals surface area contributed by atoms with E-state index in [-0.39, 0.29) is 97.1 Å². The number of nitrogens with two attached hydrogens (primary N) is 2. The number of carbonyl (C=O) groups excluding carboxylic acids is 5. The van der Waals surface area contributed by atoms with Crippen molar-refractivity contribution in [3.8, 4) is 0 Å². The summed E-state index contributed by atoms with van der Waals surface area (Å²) in [5, 5.41) is 6.19. The number of carbonyl (C=O) groups is 5. The molecule has 2 aliphatic carbocycles. The molecular formula is C35H54Cl2N6O8S. The molecule has 17 heteroatoms. The van der Waals surface area contributed by atoms with Gasteiger partial charge >= 0.3 is 5.97 Å². The number of amides is 1. The Labute approximate surface area is 318 Å². The molecule has 1 aromatic carbocycles. The van der Waals surface area contributed by atoms with Crippen molar-refractivity contribution in [1.29, 1.82) is 0 Å². The summed E-state index contributed by atoms with van der Waals surface area (Å²) in [5.41, 5.74) is 12.4. The van der Waals surface area contributed by atoms with Gasteiger partial charge in [0, 0.05) is 50.7 Å². The largest absolute Gasteiger partial charge is 0.446 e. The van der Waals surface area contributed by atoms with Crippen LogP contribution in [0.2, 0.25) is 0 Å². The Kier molecular flexibility index (Phi) is 18.0. The molecule has 1 heterocycles. The van der Waals surface area contributed by atoms with Gasteiger partial charge in [-0.1, -0.05) is 32.4 Å². The van der Waals surface area contributed by atoms with E-state index in [0.29, 0.717) is 63.2 Å². The minimum atomic E-state index is -4.13. The maximum Gasteiger partial charge on any atom is 0.306 e. The van der Waals surface area contributed by atoms with Gasteiger partial charge in [-0.2, -0.15) is 0 Å².